The minimum atomic E-state index is -0.116. The van der Waals surface area contributed by atoms with E-state index in [2.05, 4.69) is 17.3 Å². The summed E-state index contributed by atoms with van der Waals surface area (Å²) in [6, 6.07) is 5.56. The number of methoxy groups -OCH3 is 1. The molecular weight excluding hydrogens is 320 g/mol. The molecule has 25 heavy (non-hydrogen) atoms. The molecule has 0 aliphatic carbocycles. The first-order valence-corrected chi connectivity index (χ1v) is 8.71. The Morgan fingerprint density at radius 2 is 2.36 bits per heavy atom. The molecule has 0 spiro atoms. The smallest absolute Gasteiger partial charge is 0.323 e. The average Bonchev–Trinajstić information content (AvgIpc) is 3.23. The van der Waals surface area contributed by atoms with Gasteiger partial charge in [-0.25, -0.2) is 4.79 Å². The van der Waals surface area contributed by atoms with Gasteiger partial charge in [0.05, 0.1) is 24.6 Å². The van der Waals surface area contributed by atoms with E-state index in [1.807, 2.05) is 30.1 Å². The van der Waals surface area contributed by atoms with Crippen molar-refractivity contribution in [2.45, 2.75) is 32.2 Å². The predicted octanol–water partition coefficient (Wildman–Crippen LogP) is 3.21. The summed E-state index contributed by atoms with van der Waals surface area (Å²) in [5.74, 6) is 2.09. The van der Waals surface area contributed by atoms with Gasteiger partial charge in [-0.2, -0.15) is 5.10 Å². The van der Waals surface area contributed by atoms with Gasteiger partial charge in [0.25, 0.3) is 0 Å². The number of likely N-dealkylation sites (tertiary alicyclic amines) is 1. The van der Waals surface area contributed by atoms with Crippen molar-refractivity contribution in [3.05, 3.63) is 35.9 Å². The first kappa shape index (κ1) is 17.5. The number of nitrogens with zero attached hydrogens (tertiary/aromatic N) is 3. The molecule has 0 unspecified atom stereocenters. The van der Waals surface area contributed by atoms with E-state index in [-0.39, 0.29) is 12.1 Å². The molecule has 1 saturated heterocycles. The van der Waals surface area contributed by atoms with Crippen LogP contribution in [0, 0.1) is 5.92 Å². The lowest BCUT2D eigenvalue weighted by molar-refractivity contribution is 0.129. The van der Waals surface area contributed by atoms with E-state index in [9.17, 15) is 4.79 Å². The molecule has 2 aromatic rings. The van der Waals surface area contributed by atoms with E-state index in [4.69, 9.17) is 9.15 Å². The van der Waals surface area contributed by atoms with Crippen LogP contribution >= 0.6 is 0 Å². The number of anilines is 1. The number of piperidine rings is 1. The van der Waals surface area contributed by atoms with Gasteiger partial charge in [-0.15, -0.1) is 0 Å². The van der Waals surface area contributed by atoms with Gasteiger partial charge in [0.15, 0.2) is 0 Å². The van der Waals surface area contributed by atoms with Crippen molar-refractivity contribution in [2.75, 3.05) is 25.6 Å². The summed E-state index contributed by atoms with van der Waals surface area (Å²) in [4.78, 5) is 14.7. The lowest BCUT2D eigenvalue weighted by Crippen LogP contribution is -2.43. The lowest BCUT2D eigenvalue weighted by atomic mass is 9.91. The van der Waals surface area contributed by atoms with Crippen LogP contribution in [0.1, 0.15) is 37.3 Å². The van der Waals surface area contributed by atoms with Gasteiger partial charge >= 0.3 is 6.03 Å². The zero-order chi connectivity index (χ0) is 17.8. The minimum Gasteiger partial charge on any atom is -0.467 e. The normalized spacial score (nSPS) is 20.7. The molecule has 7 heteroatoms. The lowest BCUT2D eigenvalue weighted by Gasteiger charge is -2.37. The number of nitrogens with one attached hydrogen (secondary N) is 1. The third-order valence-electron chi connectivity index (χ3n) is 4.72. The van der Waals surface area contributed by atoms with Crippen LogP contribution < -0.4 is 5.32 Å². The highest BCUT2D eigenvalue weighted by atomic mass is 16.5. The molecule has 0 aromatic carbocycles. The molecule has 2 amide bonds. The second-order valence-electron chi connectivity index (χ2n) is 6.67. The van der Waals surface area contributed by atoms with Crippen LogP contribution in [-0.2, 0) is 18.2 Å². The molecule has 2 aromatic heterocycles. The Morgan fingerprint density at radius 1 is 1.52 bits per heavy atom. The second kappa shape index (κ2) is 7.74. The second-order valence-corrected chi connectivity index (χ2v) is 6.67. The highest BCUT2D eigenvalue weighted by Crippen LogP contribution is 2.34. The predicted molar refractivity (Wildman–Crippen MR) is 94.4 cm³/mol. The summed E-state index contributed by atoms with van der Waals surface area (Å²) in [6.45, 7) is 3.54. The molecule has 3 heterocycles. The van der Waals surface area contributed by atoms with Crippen molar-refractivity contribution in [2.24, 2.45) is 13.0 Å². The molecule has 1 aliphatic heterocycles. The van der Waals surface area contributed by atoms with E-state index in [0.29, 0.717) is 24.9 Å². The van der Waals surface area contributed by atoms with Gasteiger partial charge in [-0.05, 0) is 30.9 Å². The van der Waals surface area contributed by atoms with Gasteiger partial charge in [0, 0.05) is 33.2 Å². The molecule has 1 N–H and O–H groups in total. The van der Waals surface area contributed by atoms with E-state index >= 15 is 0 Å². The fraction of sp³-hybridized carbons (Fsp3) is 0.556. The number of carbonyl (C=O) groups is 1. The number of aromatic nitrogens is 2. The highest BCUT2D eigenvalue weighted by molar-refractivity contribution is 5.88. The third-order valence-corrected chi connectivity index (χ3v) is 4.72. The quantitative estimate of drug-likeness (QED) is 0.902. The SMILES string of the molecule is COCCc1cc(NC(=O)N2CC[C@H](C)C[C@@H]2c2ccco2)n(C)n1. The maximum absolute atomic E-state index is 12.9. The van der Waals surface area contributed by atoms with E-state index in [0.717, 1.165) is 30.7 Å². The Kier molecular flexibility index (Phi) is 5.43. The van der Waals surface area contributed by atoms with Gasteiger partial charge in [0.2, 0.25) is 0 Å². The fourth-order valence-electron chi connectivity index (χ4n) is 3.29. The largest absolute Gasteiger partial charge is 0.467 e. The molecule has 1 aliphatic rings. The molecule has 0 saturated carbocycles. The van der Waals surface area contributed by atoms with Gasteiger partial charge in [0.1, 0.15) is 11.6 Å². The maximum atomic E-state index is 12.9. The Bertz CT molecular complexity index is 695. The number of rotatable bonds is 5. The highest BCUT2D eigenvalue weighted by Gasteiger charge is 2.33. The van der Waals surface area contributed by atoms with Crippen LogP contribution in [0.2, 0.25) is 0 Å². The summed E-state index contributed by atoms with van der Waals surface area (Å²) in [5, 5.41) is 7.40. The van der Waals surface area contributed by atoms with Crippen molar-refractivity contribution < 1.29 is 13.9 Å². The van der Waals surface area contributed by atoms with Crippen LogP contribution in [-0.4, -0.2) is 41.0 Å². The number of aryl methyl sites for hydroxylation is 1. The topological polar surface area (TPSA) is 72.5 Å². The van der Waals surface area contributed by atoms with Crippen LogP contribution in [0.3, 0.4) is 0 Å². The summed E-state index contributed by atoms with van der Waals surface area (Å²) in [6.07, 6.45) is 4.28. The Balaban J connectivity index is 1.72. The van der Waals surface area contributed by atoms with Crippen LogP contribution in [0.15, 0.2) is 28.9 Å². The number of furan rings is 1. The van der Waals surface area contributed by atoms with Crippen molar-refractivity contribution in [1.82, 2.24) is 14.7 Å². The summed E-state index contributed by atoms with van der Waals surface area (Å²) in [7, 11) is 3.49. The average molecular weight is 346 g/mol. The first-order chi connectivity index (χ1) is 12.1. The Hall–Kier alpha value is -2.28. The zero-order valence-electron chi connectivity index (χ0n) is 15.1. The molecule has 0 radical (unpaired) electrons. The van der Waals surface area contributed by atoms with Gasteiger partial charge in [-0.3, -0.25) is 10.00 Å². The van der Waals surface area contributed by atoms with Gasteiger partial charge in [-0.1, -0.05) is 6.92 Å². The van der Waals surface area contributed by atoms with Crippen LogP contribution in [0.5, 0.6) is 0 Å². The van der Waals surface area contributed by atoms with E-state index in [1.54, 1.807) is 18.1 Å². The van der Waals surface area contributed by atoms with E-state index < -0.39 is 0 Å². The first-order valence-electron chi connectivity index (χ1n) is 8.71. The standard InChI is InChI=1S/C18H26N4O3/c1-13-6-8-22(15(11-13)16-5-4-9-25-16)18(23)19-17-12-14(7-10-24-3)20-21(17)2/h4-5,9,12-13,15H,6-8,10-11H2,1-3H3,(H,19,23)/t13-,15+/m0/s1. The molecule has 0 bridgehead atoms. The van der Waals surface area contributed by atoms with Gasteiger partial charge < -0.3 is 14.1 Å². The van der Waals surface area contributed by atoms with Crippen molar-refractivity contribution >= 4 is 11.8 Å². The van der Waals surface area contributed by atoms with Crippen molar-refractivity contribution in [1.29, 1.82) is 0 Å². The number of hydrogen-bond donors (Lipinski definition) is 1. The molecule has 7 nitrogen and oxygen atoms in total. The zero-order valence-corrected chi connectivity index (χ0v) is 15.1. The van der Waals surface area contributed by atoms with Crippen LogP contribution in [0.4, 0.5) is 10.6 Å². The number of hydrogen-bond acceptors (Lipinski definition) is 4. The number of carbonyl (C=O) groups excluding carboxylic acids is 1. The van der Waals surface area contributed by atoms with E-state index in [1.165, 1.54) is 0 Å². The molecule has 2 atom stereocenters. The number of ether oxygens (including phenoxy) is 1. The maximum Gasteiger partial charge on any atom is 0.323 e. The summed E-state index contributed by atoms with van der Waals surface area (Å²) >= 11 is 0. The minimum absolute atomic E-state index is 0.0278. The molecule has 3 rings (SSSR count). The summed E-state index contributed by atoms with van der Waals surface area (Å²) < 4.78 is 12.3. The fourth-order valence-corrected chi connectivity index (χ4v) is 3.29. The monoisotopic (exact) mass is 346 g/mol. The Morgan fingerprint density at radius 3 is 3.08 bits per heavy atom. The third kappa shape index (κ3) is 4.04. The molecule has 1 fully saturated rings. The summed E-state index contributed by atoms with van der Waals surface area (Å²) in [5.41, 5.74) is 0.898. The molecular formula is C18H26N4O3. The number of amides is 2. The Labute approximate surface area is 147 Å². The van der Waals surface area contributed by atoms with Crippen molar-refractivity contribution in [3.63, 3.8) is 0 Å². The number of urea groups is 1. The molecule has 136 valence electrons. The van der Waals surface area contributed by atoms with Crippen molar-refractivity contribution in [3.8, 4) is 0 Å². The van der Waals surface area contributed by atoms with Crippen LogP contribution in [0.25, 0.3) is 0 Å².